The average Bonchev–Trinajstić information content (AvgIpc) is 2.94. The van der Waals surface area contributed by atoms with Crippen molar-refractivity contribution in [2.75, 3.05) is 31.1 Å². The minimum Gasteiger partial charge on any atom is -0.354 e. The highest BCUT2D eigenvalue weighted by molar-refractivity contribution is 5.41. The van der Waals surface area contributed by atoms with Crippen molar-refractivity contribution in [1.29, 1.82) is 0 Å². The second-order valence-electron chi connectivity index (χ2n) is 6.04. The molecule has 2 atom stereocenters. The van der Waals surface area contributed by atoms with Gasteiger partial charge in [-0.2, -0.15) is 0 Å². The molecule has 104 valence electrons. The zero-order valence-corrected chi connectivity index (χ0v) is 12.2. The lowest BCUT2D eigenvalue weighted by atomic mass is 10.0. The predicted molar refractivity (Wildman–Crippen MR) is 79.8 cm³/mol. The van der Waals surface area contributed by atoms with Crippen LogP contribution in [0.4, 0.5) is 5.82 Å². The molecule has 19 heavy (non-hydrogen) atoms. The highest BCUT2D eigenvalue weighted by atomic mass is 15.3. The first-order valence-electron chi connectivity index (χ1n) is 7.73. The summed E-state index contributed by atoms with van der Waals surface area (Å²) in [7, 11) is 0. The number of rotatable bonds is 3. The van der Waals surface area contributed by atoms with Crippen LogP contribution in [0, 0.1) is 0 Å². The molecule has 1 aromatic heterocycles. The zero-order chi connectivity index (χ0) is 13.2. The molecule has 0 spiro atoms. The number of nitrogens with zero attached hydrogens (tertiary/aromatic N) is 3. The Morgan fingerprint density at radius 3 is 2.95 bits per heavy atom. The number of aromatic nitrogens is 1. The average molecular weight is 259 g/mol. The van der Waals surface area contributed by atoms with Crippen molar-refractivity contribution < 1.29 is 0 Å². The number of piperazine rings is 1. The maximum absolute atomic E-state index is 4.69. The second-order valence-corrected chi connectivity index (χ2v) is 6.04. The Morgan fingerprint density at radius 1 is 1.32 bits per heavy atom. The molecule has 3 nitrogen and oxygen atoms in total. The monoisotopic (exact) mass is 259 g/mol. The van der Waals surface area contributed by atoms with Crippen molar-refractivity contribution in [2.45, 2.75) is 45.1 Å². The smallest absolute Gasteiger partial charge is 0.128 e. The molecule has 0 radical (unpaired) electrons. The quantitative estimate of drug-likeness (QED) is 0.832. The van der Waals surface area contributed by atoms with Gasteiger partial charge < -0.3 is 4.90 Å². The molecule has 0 aromatic carbocycles. The molecule has 1 aromatic rings. The third kappa shape index (κ3) is 2.62. The Labute approximate surface area is 116 Å². The summed E-state index contributed by atoms with van der Waals surface area (Å²) in [6.07, 6.45) is 5.99. The van der Waals surface area contributed by atoms with Crippen LogP contribution in [-0.4, -0.2) is 42.1 Å². The largest absolute Gasteiger partial charge is 0.354 e. The van der Waals surface area contributed by atoms with E-state index in [9.17, 15) is 0 Å². The van der Waals surface area contributed by atoms with Gasteiger partial charge in [-0.05, 0) is 43.4 Å². The fraction of sp³-hybridized carbons (Fsp3) is 0.688. The molecule has 2 aliphatic heterocycles. The van der Waals surface area contributed by atoms with Gasteiger partial charge in [-0.3, -0.25) is 4.90 Å². The van der Waals surface area contributed by atoms with Gasteiger partial charge in [-0.15, -0.1) is 0 Å². The van der Waals surface area contributed by atoms with Gasteiger partial charge in [0.1, 0.15) is 5.82 Å². The van der Waals surface area contributed by atoms with Crippen molar-refractivity contribution in [3.63, 3.8) is 0 Å². The van der Waals surface area contributed by atoms with Gasteiger partial charge in [0.2, 0.25) is 0 Å². The highest BCUT2D eigenvalue weighted by Gasteiger charge is 2.30. The minimum atomic E-state index is 0.619. The summed E-state index contributed by atoms with van der Waals surface area (Å²) in [6.45, 7) is 9.31. The van der Waals surface area contributed by atoms with E-state index in [1.165, 1.54) is 43.7 Å². The highest BCUT2D eigenvalue weighted by Crippen LogP contribution is 2.25. The van der Waals surface area contributed by atoms with E-state index in [-0.39, 0.29) is 0 Å². The van der Waals surface area contributed by atoms with Gasteiger partial charge in [0.05, 0.1) is 0 Å². The van der Waals surface area contributed by atoms with Gasteiger partial charge in [-0.1, -0.05) is 19.9 Å². The van der Waals surface area contributed by atoms with Gasteiger partial charge in [0.25, 0.3) is 0 Å². The van der Waals surface area contributed by atoms with E-state index in [0.29, 0.717) is 5.92 Å². The summed E-state index contributed by atoms with van der Waals surface area (Å²) >= 11 is 0. The van der Waals surface area contributed by atoms with Gasteiger partial charge >= 0.3 is 0 Å². The summed E-state index contributed by atoms with van der Waals surface area (Å²) in [5, 5.41) is 0. The summed E-state index contributed by atoms with van der Waals surface area (Å²) in [6, 6.07) is 5.24. The number of pyridine rings is 1. The van der Waals surface area contributed by atoms with E-state index in [2.05, 4.69) is 42.0 Å². The fourth-order valence-corrected chi connectivity index (χ4v) is 3.31. The van der Waals surface area contributed by atoms with Crippen molar-refractivity contribution in [1.82, 2.24) is 9.88 Å². The molecule has 2 saturated heterocycles. The molecular formula is C16H25N3. The molecule has 3 heteroatoms. The first kappa shape index (κ1) is 12.9. The van der Waals surface area contributed by atoms with Crippen LogP contribution in [0.2, 0.25) is 0 Å². The summed E-state index contributed by atoms with van der Waals surface area (Å²) in [4.78, 5) is 9.80. The molecule has 2 aliphatic rings. The SMILES string of the molecule is CC[C@H](C)c1ccc(N2CCN3CCC[C@@H]3C2)nc1. The Bertz CT molecular complexity index is 415. The standard InChI is InChI=1S/C16H25N3/c1-3-13(2)14-6-7-16(17-11-14)19-10-9-18-8-4-5-15(18)12-19/h6-7,11,13,15H,3-5,8-10,12H2,1-2H3/t13-,15+/m0/s1. The maximum atomic E-state index is 4.69. The number of anilines is 1. The van der Waals surface area contributed by atoms with Crippen molar-refractivity contribution >= 4 is 5.82 Å². The lowest BCUT2D eigenvalue weighted by Crippen LogP contribution is -2.50. The fourth-order valence-electron chi connectivity index (χ4n) is 3.31. The van der Waals surface area contributed by atoms with E-state index in [4.69, 9.17) is 4.98 Å². The minimum absolute atomic E-state index is 0.619. The van der Waals surface area contributed by atoms with Crippen LogP contribution in [0.5, 0.6) is 0 Å². The van der Waals surface area contributed by atoms with E-state index in [0.717, 1.165) is 19.1 Å². The van der Waals surface area contributed by atoms with Gasteiger partial charge in [0, 0.05) is 31.9 Å². The third-order valence-corrected chi connectivity index (χ3v) is 4.86. The van der Waals surface area contributed by atoms with Crippen LogP contribution < -0.4 is 4.90 Å². The number of hydrogen-bond acceptors (Lipinski definition) is 3. The Kier molecular flexibility index (Phi) is 3.74. The lowest BCUT2D eigenvalue weighted by molar-refractivity contribution is 0.230. The van der Waals surface area contributed by atoms with E-state index in [1.807, 2.05) is 0 Å². The first-order chi connectivity index (χ1) is 9.28. The summed E-state index contributed by atoms with van der Waals surface area (Å²) in [5.74, 6) is 1.78. The first-order valence-corrected chi connectivity index (χ1v) is 7.73. The van der Waals surface area contributed by atoms with Crippen LogP contribution in [-0.2, 0) is 0 Å². The topological polar surface area (TPSA) is 19.4 Å². The molecule has 0 unspecified atom stereocenters. The van der Waals surface area contributed by atoms with Gasteiger partial charge in [-0.25, -0.2) is 4.98 Å². The van der Waals surface area contributed by atoms with Crippen molar-refractivity contribution in [3.05, 3.63) is 23.9 Å². The molecule has 3 rings (SSSR count). The van der Waals surface area contributed by atoms with E-state index < -0.39 is 0 Å². The molecule has 0 amide bonds. The number of fused-ring (bicyclic) bond motifs is 1. The van der Waals surface area contributed by atoms with Crippen LogP contribution in [0.15, 0.2) is 18.3 Å². The Balaban J connectivity index is 1.69. The van der Waals surface area contributed by atoms with E-state index in [1.54, 1.807) is 0 Å². The normalized spacial score (nSPS) is 25.4. The molecule has 3 heterocycles. The molecule has 0 N–H and O–H groups in total. The Morgan fingerprint density at radius 2 is 2.21 bits per heavy atom. The van der Waals surface area contributed by atoms with Crippen molar-refractivity contribution in [2.24, 2.45) is 0 Å². The maximum Gasteiger partial charge on any atom is 0.128 e. The molecule has 0 bridgehead atoms. The van der Waals surface area contributed by atoms with Crippen LogP contribution in [0.25, 0.3) is 0 Å². The van der Waals surface area contributed by atoms with Crippen LogP contribution in [0.3, 0.4) is 0 Å². The summed E-state index contributed by atoms with van der Waals surface area (Å²) in [5.41, 5.74) is 1.37. The zero-order valence-electron chi connectivity index (χ0n) is 12.2. The Hall–Kier alpha value is -1.09. The molecule has 0 saturated carbocycles. The lowest BCUT2D eigenvalue weighted by Gasteiger charge is -2.38. The van der Waals surface area contributed by atoms with Crippen LogP contribution in [0.1, 0.15) is 44.6 Å². The molecular weight excluding hydrogens is 234 g/mol. The predicted octanol–water partition coefficient (Wildman–Crippen LogP) is 2.88. The summed E-state index contributed by atoms with van der Waals surface area (Å²) < 4.78 is 0. The molecule has 0 aliphatic carbocycles. The number of hydrogen-bond donors (Lipinski definition) is 0. The van der Waals surface area contributed by atoms with Crippen molar-refractivity contribution in [3.8, 4) is 0 Å². The van der Waals surface area contributed by atoms with E-state index >= 15 is 0 Å². The molecule has 2 fully saturated rings. The van der Waals surface area contributed by atoms with Gasteiger partial charge in [0.15, 0.2) is 0 Å². The van der Waals surface area contributed by atoms with Crippen LogP contribution >= 0.6 is 0 Å². The third-order valence-electron chi connectivity index (χ3n) is 4.86. The second kappa shape index (κ2) is 5.49.